The predicted octanol–water partition coefficient (Wildman–Crippen LogP) is 5.81. The number of aliphatic carboxylic acids is 1. The number of hydrogen-bond donors (Lipinski definition) is 2. The maximum absolute atomic E-state index is 12.8. The van der Waals surface area contributed by atoms with E-state index in [4.69, 9.17) is 23.2 Å². The van der Waals surface area contributed by atoms with Gasteiger partial charge in [-0.2, -0.15) is 0 Å². The molecule has 2 N–H and O–H groups in total. The first-order valence-corrected chi connectivity index (χ1v) is 10.4. The maximum atomic E-state index is 12.8. The third-order valence-electron chi connectivity index (χ3n) is 5.13. The summed E-state index contributed by atoms with van der Waals surface area (Å²) < 4.78 is 0. The molecular formula is C20H20Cl2N2O3S. The summed E-state index contributed by atoms with van der Waals surface area (Å²) in [7, 11) is 0. The van der Waals surface area contributed by atoms with Crippen molar-refractivity contribution in [3.63, 3.8) is 0 Å². The van der Waals surface area contributed by atoms with Crippen LogP contribution in [0, 0.1) is 18.8 Å². The average molecular weight is 439 g/mol. The van der Waals surface area contributed by atoms with Crippen molar-refractivity contribution in [3.8, 4) is 11.3 Å². The fourth-order valence-electron chi connectivity index (χ4n) is 3.41. The lowest BCUT2D eigenvalue weighted by Crippen LogP contribution is -2.36. The van der Waals surface area contributed by atoms with Crippen LogP contribution in [0.5, 0.6) is 0 Å². The molecule has 1 amide bonds. The highest BCUT2D eigenvalue weighted by Gasteiger charge is 2.37. The van der Waals surface area contributed by atoms with Crippen molar-refractivity contribution in [3.05, 3.63) is 44.3 Å². The molecule has 0 aliphatic heterocycles. The minimum atomic E-state index is -0.948. The fraction of sp³-hybridized carbons (Fsp3) is 0.350. The molecule has 0 unspecified atom stereocenters. The molecule has 5 nitrogen and oxygen atoms in total. The van der Waals surface area contributed by atoms with Crippen LogP contribution in [0.1, 0.15) is 31.6 Å². The number of rotatable bonds is 4. The van der Waals surface area contributed by atoms with Gasteiger partial charge in [0.1, 0.15) is 0 Å². The van der Waals surface area contributed by atoms with E-state index in [9.17, 15) is 14.7 Å². The second kappa shape index (κ2) is 8.23. The highest BCUT2D eigenvalue weighted by molar-refractivity contribution is 7.16. The topological polar surface area (TPSA) is 79.3 Å². The first-order chi connectivity index (χ1) is 13.2. The summed E-state index contributed by atoms with van der Waals surface area (Å²) in [5.74, 6) is -2.61. The third-order valence-corrected chi connectivity index (χ3v) is 6.57. The van der Waals surface area contributed by atoms with E-state index in [1.165, 1.54) is 11.3 Å². The molecule has 0 spiro atoms. The Kier molecular flexibility index (Phi) is 6.12. The molecule has 1 aliphatic carbocycles. The Labute approximate surface area is 177 Å². The normalized spacial score (nSPS) is 19.6. The summed E-state index contributed by atoms with van der Waals surface area (Å²) >= 11 is 13.6. The Hall–Kier alpha value is -1.89. The molecule has 0 saturated carbocycles. The average Bonchev–Trinajstić information content (AvgIpc) is 2.96. The van der Waals surface area contributed by atoms with Crippen LogP contribution in [-0.2, 0) is 9.59 Å². The van der Waals surface area contributed by atoms with Crippen LogP contribution in [0.3, 0.4) is 0 Å². The van der Waals surface area contributed by atoms with Crippen molar-refractivity contribution in [1.29, 1.82) is 0 Å². The second-order valence-corrected chi connectivity index (χ2v) is 9.10. The number of carbonyl (C=O) groups is 2. The zero-order valence-corrected chi connectivity index (χ0v) is 18.0. The summed E-state index contributed by atoms with van der Waals surface area (Å²) in [6.07, 6.45) is 0.830. The Morgan fingerprint density at radius 1 is 1.14 bits per heavy atom. The molecule has 0 radical (unpaired) electrons. The van der Waals surface area contributed by atoms with Crippen molar-refractivity contribution < 1.29 is 14.7 Å². The van der Waals surface area contributed by atoms with Gasteiger partial charge in [-0.3, -0.25) is 9.59 Å². The number of nitrogens with zero attached hydrogens (tertiary/aromatic N) is 1. The summed E-state index contributed by atoms with van der Waals surface area (Å²) in [5.41, 5.74) is 3.52. The monoisotopic (exact) mass is 438 g/mol. The van der Waals surface area contributed by atoms with Gasteiger partial charge in [-0.25, -0.2) is 4.98 Å². The number of anilines is 1. The largest absolute Gasteiger partial charge is 0.481 e. The van der Waals surface area contributed by atoms with Gasteiger partial charge in [0.05, 0.1) is 22.6 Å². The summed E-state index contributed by atoms with van der Waals surface area (Å²) in [5, 5.41) is 13.8. The van der Waals surface area contributed by atoms with Gasteiger partial charge in [0.15, 0.2) is 5.13 Å². The van der Waals surface area contributed by atoms with E-state index in [0.29, 0.717) is 33.7 Å². The zero-order chi connectivity index (χ0) is 20.6. The van der Waals surface area contributed by atoms with E-state index in [1.807, 2.05) is 20.8 Å². The molecule has 1 aromatic carbocycles. The van der Waals surface area contributed by atoms with Crippen molar-refractivity contribution in [1.82, 2.24) is 4.98 Å². The quantitative estimate of drug-likeness (QED) is 0.589. The standard InChI is InChI=1S/C20H20Cl2N2O3S/c1-9-6-14(15(19(26)27)7-10(9)2)18(25)24-20-23-17(11(3)28-20)13-5-4-12(21)8-16(13)22/h4-5,8,14-15H,6-7H2,1-3H3,(H,26,27)(H,23,24,25)/t14-,15-/m0/s1. The number of allylic oxidation sites excluding steroid dienone is 2. The van der Waals surface area contributed by atoms with Crippen molar-refractivity contribution in [2.24, 2.45) is 11.8 Å². The Balaban J connectivity index is 1.84. The minimum Gasteiger partial charge on any atom is -0.481 e. The van der Waals surface area contributed by atoms with Gasteiger partial charge in [-0.05, 0) is 51.8 Å². The summed E-state index contributed by atoms with van der Waals surface area (Å²) in [6, 6.07) is 5.17. The van der Waals surface area contributed by atoms with Gasteiger partial charge < -0.3 is 10.4 Å². The molecule has 1 aliphatic rings. The first-order valence-electron chi connectivity index (χ1n) is 8.79. The van der Waals surface area contributed by atoms with Crippen molar-refractivity contribution in [2.45, 2.75) is 33.6 Å². The van der Waals surface area contributed by atoms with Gasteiger partial charge in [0.2, 0.25) is 5.91 Å². The lowest BCUT2D eigenvalue weighted by atomic mass is 9.76. The number of amides is 1. The number of benzene rings is 1. The van der Waals surface area contributed by atoms with Gasteiger partial charge in [0.25, 0.3) is 0 Å². The van der Waals surface area contributed by atoms with Crippen LogP contribution >= 0.6 is 34.5 Å². The Morgan fingerprint density at radius 2 is 1.79 bits per heavy atom. The van der Waals surface area contributed by atoms with Gasteiger partial charge >= 0.3 is 5.97 Å². The second-order valence-electron chi connectivity index (χ2n) is 7.06. The molecule has 2 aromatic rings. The number of carbonyl (C=O) groups excluding carboxylic acids is 1. The van der Waals surface area contributed by atoms with Crippen LogP contribution in [0.25, 0.3) is 11.3 Å². The zero-order valence-electron chi connectivity index (χ0n) is 15.7. The molecule has 8 heteroatoms. The van der Waals surface area contributed by atoms with Gasteiger partial charge in [0, 0.05) is 15.5 Å². The third kappa shape index (κ3) is 4.24. The van der Waals surface area contributed by atoms with Crippen LogP contribution in [0.4, 0.5) is 5.13 Å². The van der Waals surface area contributed by atoms with E-state index in [1.54, 1.807) is 18.2 Å². The van der Waals surface area contributed by atoms with Crippen LogP contribution in [0.2, 0.25) is 10.0 Å². The minimum absolute atomic E-state index is 0.318. The summed E-state index contributed by atoms with van der Waals surface area (Å²) in [6.45, 7) is 5.76. The first kappa shape index (κ1) is 20.8. The Bertz CT molecular complexity index is 984. The summed E-state index contributed by atoms with van der Waals surface area (Å²) in [4.78, 5) is 29.9. The Morgan fingerprint density at radius 3 is 2.39 bits per heavy atom. The number of nitrogens with one attached hydrogen (secondary N) is 1. The predicted molar refractivity (Wildman–Crippen MR) is 113 cm³/mol. The number of aromatic nitrogens is 1. The van der Waals surface area contributed by atoms with Crippen molar-refractivity contribution >= 4 is 51.5 Å². The lowest BCUT2D eigenvalue weighted by Gasteiger charge is -2.29. The lowest BCUT2D eigenvalue weighted by molar-refractivity contribution is -0.146. The molecule has 1 heterocycles. The number of hydrogen-bond acceptors (Lipinski definition) is 4. The molecule has 148 valence electrons. The molecule has 0 saturated heterocycles. The molecule has 28 heavy (non-hydrogen) atoms. The molecule has 3 rings (SSSR count). The highest BCUT2D eigenvalue weighted by Crippen LogP contribution is 2.38. The molecule has 1 aromatic heterocycles. The molecule has 0 bridgehead atoms. The van der Waals surface area contributed by atoms with Gasteiger partial charge in [-0.1, -0.05) is 34.3 Å². The van der Waals surface area contributed by atoms with Crippen LogP contribution < -0.4 is 5.32 Å². The van der Waals surface area contributed by atoms with E-state index < -0.39 is 17.8 Å². The van der Waals surface area contributed by atoms with Crippen LogP contribution in [-0.4, -0.2) is 22.0 Å². The van der Waals surface area contributed by atoms with Gasteiger partial charge in [-0.15, -0.1) is 11.3 Å². The van der Waals surface area contributed by atoms with E-state index >= 15 is 0 Å². The molecular weight excluding hydrogens is 419 g/mol. The number of carboxylic acid groups (broad SMARTS) is 1. The fourth-order valence-corrected chi connectivity index (χ4v) is 4.74. The van der Waals surface area contributed by atoms with Crippen LogP contribution in [0.15, 0.2) is 29.3 Å². The SMILES string of the molecule is CC1=C(C)C[C@H](C(=O)Nc2nc(-c3ccc(Cl)cc3Cl)c(C)s2)[C@@H](C(=O)O)C1. The number of carboxylic acids is 1. The number of aryl methyl sites for hydroxylation is 1. The number of halogens is 2. The van der Waals surface area contributed by atoms with E-state index in [-0.39, 0.29) is 5.91 Å². The highest BCUT2D eigenvalue weighted by atomic mass is 35.5. The molecule has 0 fully saturated rings. The van der Waals surface area contributed by atoms with E-state index in [0.717, 1.165) is 21.6 Å². The van der Waals surface area contributed by atoms with E-state index in [2.05, 4.69) is 10.3 Å². The molecule has 2 atom stereocenters. The maximum Gasteiger partial charge on any atom is 0.307 e. The smallest absolute Gasteiger partial charge is 0.307 e. The number of thiazole rings is 1. The van der Waals surface area contributed by atoms with Crippen molar-refractivity contribution in [2.75, 3.05) is 5.32 Å².